The van der Waals surface area contributed by atoms with E-state index in [1.807, 2.05) is 35.5 Å². The number of rotatable bonds is 4. The highest BCUT2D eigenvalue weighted by molar-refractivity contribution is 7.13. The minimum atomic E-state index is -0.156. The van der Waals surface area contributed by atoms with Crippen molar-refractivity contribution in [1.29, 1.82) is 0 Å². The van der Waals surface area contributed by atoms with Crippen molar-refractivity contribution < 1.29 is 9.59 Å². The van der Waals surface area contributed by atoms with E-state index in [9.17, 15) is 9.59 Å². The molecule has 2 amide bonds. The molecule has 1 saturated heterocycles. The molecule has 30 heavy (non-hydrogen) atoms. The van der Waals surface area contributed by atoms with E-state index in [-0.39, 0.29) is 11.8 Å². The lowest BCUT2D eigenvalue weighted by atomic mass is 10.1. The highest BCUT2D eigenvalue weighted by Crippen LogP contribution is 2.25. The summed E-state index contributed by atoms with van der Waals surface area (Å²) in [5.74, 6) is 0.729. The van der Waals surface area contributed by atoms with Gasteiger partial charge in [0.25, 0.3) is 5.91 Å². The van der Waals surface area contributed by atoms with Gasteiger partial charge < -0.3 is 15.1 Å². The van der Waals surface area contributed by atoms with Crippen LogP contribution in [0, 0.1) is 6.92 Å². The van der Waals surface area contributed by atoms with Crippen LogP contribution < -0.4 is 10.2 Å². The predicted molar refractivity (Wildman–Crippen MR) is 119 cm³/mol. The number of piperazine rings is 1. The van der Waals surface area contributed by atoms with E-state index in [0.717, 1.165) is 35.2 Å². The molecule has 0 spiro atoms. The molecule has 0 aliphatic carbocycles. The molecule has 1 aliphatic heterocycles. The molecule has 0 radical (unpaired) electrons. The Labute approximate surface area is 179 Å². The van der Waals surface area contributed by atoms with Crippen LogP contribution in [-0.4, -0.2) is 52.9 Å². The molecule has 3 heterocycles. The second-order valence-electron chi connectivity index (χ2n) is 7.24. The van der Waals surface area contributed by atoms with Gasteiger partial charge in [0.05, 0.1) is 0 Å². The molecule has 1 N–H and O–H groups in total. The fourth-order valence-corrected chi connectivity index (χ4v) is 4.23. The first-order valence-corrected chi connectivity index (χ1v) is 10.7. The van der Waals surface area contributed by atoms with Crippen molar-refractivity contribution in [3.05, 3.63) is 59.2 Å². The lowest BCUT2D eigenvalue weighted by Crippen LogP contribution is -2.49. The molecule has 2 aromatic heterocycles. The number of amides is 2. The average molecular weight is 422 g/mol. The number of carbonyl (C=O) groups excluding carboxylic acids is 2. The summed E-state index contributed by atoms with van der Waals surface area (Å²) in [7, 11) is 0. The van der Waals surface area contributed by atoms with Gasteiger partial charge in [0.1, 0.15) is 10.8 Å². The Bertz CT molecular complexity index is 1060. The number of nitrogens with zero attached hydrogens (tertiary/aromatic N) is 4. The molecule has 7 nitrogen and oxygen atoms in total. The number of pyridine rings is 1. The maximum Gasteiger partial charge on any atom is 0.254 e. The summed E-state index contributed by atoms with van der Waals surface area (Å²) < 4.78 is 0. The highest BCUT2D eigenvalue weighted by atomic mass is 32.1. The zero-order valence-electron chi connectivity index (χ0n) is 17.0. The Morgan fingerprint density at radius 3 is 2.53 bits per heavy atom. The van der Waals surface area contributed by atoms with Gasteiger partial charge >= 0.3 is 0 Å². The first-order chi connectivity index (χ1) is 14.5. The van der Waals surface area contributed by atoms with E-state index in [1.54, 1.807) is 35.6 Å². The first kappa shape index (κ1) is 20.0. The summed E-state index contributed by atoms with van der Waals surface area (Å²) in [4.78, 5) is 37.2. The van der Waals surface area contributed by atoms with Gasteiger partial charge in [-0.05, 0) is 37.3 Å². The number of hydrogen-bond donors (Lipinski definition) is 1. The number of carbonyl (C=O) groups is 2. The third-order valence-corrected chi connectivity index (χ3v) is 5.94. The van der Waals surface area contributed by atoms with Gasteiger partial charge in [-0.2, -0.15) is 0 Å². The summed E-state index contributed by atoms with van der Waals surface area (Å²) in [6.45, 7) is 6.13. The molecule has 0 atom stereocenters. The van der Waals surface area contributed by atoms with Gasteiger partial charge in [0.2, 0.25) is 5.91 Å². The molecular weight excluding hydrogens is 398 g/mol. The smallest absolute Gasteiger partial charge is 0.254 e. The molecular formula is C22H23N5O2S. The van der Waals surface area contributed by atoms with Gasteiger partial charge in [0, 0.05) is 67.2 Å². The maximum absolute atomic E-state index is 12.9. The summed E-state index contributed by atoms with van der Waals surface area (Å²) in [5, 5.41) is 5.73. The molecule has 1 aliphatic rings. The molecule has 0 unspecified atom stereocenters. The fourth-order valence-electron chi connectivity index (χ4n) is 3.44. The second-order valence-corrected chi connectivity index (χ2v) is 8.10. The minimum Gasteiger partial charge on any atom is -0.353 e. The molecule has 0 bridgehead atoms. The summed E-state index contributed by atoms with van der Waals surface area (Å²) >= 11 is 1.62. The van der Waals surface area contributed by atoms with Crippen LogP contribution in [-0.2, 0) is 4.79 Å². The third-order valence-electron chi connectivity index (χ3n) is 4.93. The van der Waals surface area contributed by atoms with Crippen LogP contribution in [0.25, 0.3) is 10.6 Å². The monoisotopic (exact) mass is 421 g/mol. The number of hydrogen-bond acceptors (Lipinski definition) is 6. The molecule has 1 fully saturated rings. The molecule has 1 aromatic carbocycles. The van der Waals surface area contributed by atoms with E-state index in [2.05, 4.69) is 20.2 Å². The lowest BCUT2D eigenvalue weighted by Gasteiger charge is -2.35. The zero-order valence-corrected chi connectivity index (χ0v) is 17.8. The van der Waals surface area contributed by atoms with Gasteiger partial charge in [-0.1, -0.05) is 6.07 Å². The van der Waals surface area contributed by atoms with Gasteiger partial charge in [0.15, 0.2) is 0 Å². The fraction of sp³-hybridized carbons (Fsp3) is 0.273. The summed E-state index contributed by atoms with van der Waals surface area (Å²) in [6.07, 6.45) is 1.86. The Balaban J connectivity index is 1.38. The number of benzene rings is 1. The van der Waals surface area contributed by atoms with Crippen LogP contribution in [0.15, 0.2) is 48.0 Å². The van der Waals surface area contributed by atoms with E-state index in [1.165, 1.54) is 6.92 Å². The number of aromatic nitrogens is 2. The topological polar surface area (TPSA) is 78.4 Å². The number of thiazole rings is 1. The quantitative estimate of drug-likeness (QED) is 0.698. The van der Waals surface area contributed by atoms with Crippen LogP contribution in [0.5, 0.6) is 0 Å². The van der Waals surface area contributed by atoms with Crippen LogP contribution >= 0.6 is 11.3 Å². The van der Waals surface area contributed by atoms with Crippen LogP contribution in [0.1, 0.15) is 23.0 Å². The Kier molecular flexibility index (Phi) is 5.76. The third kappa shape index (κ3) is 4.49. The average Bonchev–Trinajstić information content (AvgIpc) is 3.19. The van der Waals surface area contributed by atoms with Crippen molar-refractivity contribution >= 4 is 34.7 Å². The van der Waals surface area contributed by atoms with E-state index >= 15 is 0 Å². The molecule has 3 aromatic rings. The standard InChI is InChI=1S/C22H23N5O2S/c1-15-14-30-21(24-15)18-6-7-20(23-13-18)26-8-10-27(11-9-26)22(29)17-4-3-5-19(12-17)25-16(2)28/h3-7,12-14H,8-11H2,1-2H3,(H,25,28). The molecule has 154 valence electrons. The van der Waals surface area contributed by atoms with Gasteiger partial charge in [-0.15, -0.1) is 11.3 Å². The van der Waals surface area contributed by atoms with E-state index in [4.69, 9.17) is 0 Å². The number of aryl methyl sites for hydroxylation is 1. The maximum atomic E-state index is 12.9. The van der Waals surface area contributed by atoms with Gasteiger partial charge in [-0.25, -0.2) is 9.97 Å². The van der Waals surface area contributed by atoms with Gasteiger partial charge in [-0.3, -0.25) is 9.59 Å². The Morgan fingerprint density at radius 2 is 1.90 bits per heavy atom. The Hall–Kier alpha value is -3.26. The largest absolute Gasteiger partial charge is 0.353 e. The van der Waals surface area contributed by atoms with Crippen LogP contribution in [0.3, 0.4) is 0 Å². The normalized spacial score (nSPS) is 13.9. The first-order valence-electron chi connectivity index (χ1n) is 9.80. The van der Waals surface area contributed by atoms with Crippen LogP contribution in [0.2, 0.25) is 0 Å². The second kappa shape index (κ2) is 8.62. The van der Waals surface area contributed by atoms with Crippen molar-refractivity contribution in [3.8, 4) is 10.6 Å². The van der Waals surface area contributed by atoms with Crippen molar-refractivity contribution in [2.75, 3.05) is 36.4 Å². The molecule has 4 rings (SSSR count). The zero-order chi connectivity index (χ0) is 21.1. The number of nitrogens with one attached hydrogen (secondary N) is 1. The molecule has 8 heteroatoms. The van der Waals surface area contributed by atoms with Crippen molar-refractivity contribution in [2.45, 2.75) is 13.8 Å². The van der Waals surface area contributed by atoms with Crippen molar-refractivity contribution in [1.82, 2.24) is 14.9 Å². The summed E-state index contributed by atoms with van der Waals surface area (Å²) in [5.41, 5.74) is 3.25. The highest BCUT2D eigenvalue weighted by Gasteiger charge is 2.23. The molecule has 0 saturated carbocycles. The van der Waals surface area contributed by atoms with Crippen molar-refractivity contribution in [2.24, 2.45) is 0 Å². The Morgan fingerprint density at radius 1 is 1.10 bits per heavy atom. The predicted octanol–water partition coefficient (Wildman–Crippen LogP) is 3.43. The SMILES string of the molecule is CC(=O)Nc1cccc(C(=O)N2CCN(c3ccc(-c4nc(C)cs4)cn3)CC2)c1. The van der Waals surface area contributed by atoms with Crippen LogP contribution in [0.4, 0.5) is 11.5 Å². The minimum absolute atomic E-state index is 0.0238. The summed E-state index contributed by atoms with van der Waals surface area (Å²) in [6, 6.07) is 11.1. The van der Waals surface area contributed by atoms with E-state index in [0.29, 0.717) is 24.3 Å². The van der Waals surface area contributed by atoms with Crippen molar-refractivity contribution in [3.63, 3.8) is 0 Å². The van der Waals surface area contributed by atoms with E-state index < -0.39 is 0 Å². The lowest BCUT2D eigenvalue weighted by molar-refractivity contribution is -0.114. The number of anilines is 2.